The highest BCUT2D eigenvalue weighted by Gasteiger charge is 2.60. The summed E-state index contributed by atoms with van der Waals surface area (Å²) in [5.74, 6) is 0. The molecule has 4 heteroatoms. The summed E-state index contributed by atoms with van der Waals surface area (Å²) in [5.41, 5.74) is -0.964. The van der Waals surface area contributed by atoms with E-state index in [1.54, 1.807) is 0 Å². The number of amides is 1. The van der Waals surface area contributed by atoms with Crippen LogP contribution in [0.1, 0.15) is 53.4 Å². The van der Waals surface area contributed by atoms with Crippen molar-refractivity contribution in [3.63, 3.8) is 0 Å². The first-order chi connectivity index (χ1) is 7.72. The number of carbonyl (C=O) groups excluding carboxylic acids is 1. The Bertz CT molecular complexity index is 324. The molecule has 1 N–H and O–H groups in total. The van der Waals surface area contributed by atoms with Crippen molar-refractivity contribution in [1.29, 1.82) is 0 Å². The Balaban J connectivity index is 2.22. The number of rotatable bonds is 1. The molecular weight excluding hydrogens is 218 g/mol. The van der Waals surface area contributed by atoms with Crippen LogP contribution in [0.3, 0.4) is 0 Å². The molecule has 0 aromatic carbocycles. The molecule has 0 spiro atoms. The van der Waals surface area contributed by atoms with Crippen LogP contribution in [0.25, 0.3) is 0 Å². The highest BCUT2D eigenvalue weighted by Crippen LogP contribution is 2.53. The predicted octanol–water partition coefficient (Wildman–Crippen LogP) is 2.30. The molecule has 0 unspecified atom stereocenters. The van der Waals surface area contributed by atoms with Crippen LogP contribution in [0.4, 0.5) is 4.79 Å². The van der Waals surface area contributed by atoms with Gasteiger partial charge in [-0.25, -0.2) is 4.79 Å². The minimum atomic E-state index is -0.480. The normalized spacial score (nSPS) is 36.4. The van der Waals surface area contributed by atoms with Gasteiger partial charge in [-0.1, -0.05) is 0 Å². The van der Waals surface area contributed by atoms with Gasteiger partial charge in [-0.05, 0) is 53.4 Å². The average molecular weight is 241 g/mol. The van der Waals surface area contributed by atoms with Gasteiger partial charge in [0.1, 0.15) is 5.60 Å². The number of carbonyl (C=O) groups is 1. The van der Waals surface area contributed by atoms with Crippen molar-refractivity contribution in [3.8, 4) is 0 Å². The molecule has 4 nitrogen and oxygen atoms in total. The first-order valence-electron chi connectivity index (χ1n) is 6.37. The number of nitrogens with zero attached hydrogens (tertiary/aromatic N) is 1. The molecule has 2 bridgehead atoms. The van der Waals surface area contributed by atoms with Gasteiger partial charge in [-0.3, -0.25) is 4.90 Å². The largest absolute Gasteiger partial charge is 0.444 e. The third-order valence-electron chi connectivity index (χ3n) is 4.14. The maximum Gasteiger partial charge on any atom is 0.411 e. The Labute approximate surface area is 103 Å². The monoisotopic (exact) mass is 241 g/mol. The highest BCUT2D eigenvalue weighted by atomic mass is 16.6. The van der Waals surface area contributed by atoms with E-state index < -0.39 is 5.60 Å². The summed E-state index contributed by atoms with van der Waals surface area (Å²) in [5, 5.41) is 9.63. The number of fused-ring (bicyclic) bond motifs is 2. The lowest BCUT2D eigenvalue weighted by Gasteiger charge is -2.37. The molecule has 17 heavy (non-hydrogen) atoms. The molecule has 0 saturated carbocycles. The van der Waals surface area contributed by atoms with Crippen LogP contribution >= 0.6 is 0 Å². The van der Waals surface area contributed by atoms with Crippen LogP contribution in [-0.2, 0) is 4.74 Å². The van der Waals surface area contributed by atoms with Gasteiger partial charge >= 0.3 is 6.09 Å². The summed E-state index contributed by atoms with van der Waals surface area (Å²) in [6.45, 7) is 7.76. The number of aliphatic hydroxyl groups is 1. The van der Waals surface area contributed by atoms with Crippen LogP contribution in [0.5, 0.6) is 0 Å². The van der Waals surface area contributed by atoms with Crippen molar-refractivity contribution in [2.24, 2.45) is 0 Å². The second-order valence-corrected chi connectivity index (χ2v) is 6.70. The SMILES string of the molecule is CC(C)(C)OC(=O)N1C2(C)CCC1(CO)CC2. The van der Waals surface area contributed by atoms with Gasteiger partial charge in [0.25, 0.3) is 0 Å². The Morgan fingerprint density at radius 3 is 2.24 bits per heavy atom. The molecule has 2 saturated heterocycles. The molecule has 0 radical (unpaired) electrons. The smallest absolute Gasteiger partial charge is 0.411 e. The second kappa shape index (κ2) is 3.61. The Morgan fingerprint density at radius 2 is 1.82 bits per heavy atom. The van der Waals surface area contributed by atoms with Crippen LogP contribution in [0.15, 0.2) is 0 Å². The van der Waals surface area contributed by atoms with Gasteiger partial charge in [0, 0.05) is 5.54 Å². The quantitative estimate of drug-likeness (QED) is 0.766. The van der Waals surface area contributed by atoms with Crippen molar-refractivity contribution in [3.05, 3.63) is 0 Å². The fraction of sp³-hybridized carbons (Fsp3) is 0.923. The molecule has 1 amide bonds. The van der Waals surface area contributed by atoms with Crippen molar-refractivity contribution in [1.82, 2.24) is 4.90 Å². The maximum atomic E-state index is 12.3. The van der Waals surface area contributed by atoms with E-state index in [2.05, 4.69) is 6.92 Å². The van der Waals surface area contributed by atoms with E-state index in [1.807, 2.05) is 25.7 Å². The molecule has 0 atom stereocenters. The van der Waals surface area contributed by atoms with E-state index in [1.165, 1.54) is 0 Å². The molecule has 2 aliphatic rings. The predicted molar refractivity (Wildman–Crippen MR) is 64.8 cm³/mol. The molecule has 98 valence electrons. The molecular formula is C13H23NO3. The number of aliphatic hydroxyl groups excluding tert-OH is 1. The third kappa shape index (κ3) is 1.92. The lowest BCUT2D eigenvalue weighted by atomic mass is 9.83. The molecule has 0 aromatic heterocycles. The zero-order valence-corrected chi connectivity index (χ0v) is 11.2. The summed E-state index contributed by atoms with van der Waals surface area (Å²) < 4.78 is 5.47. The van der Waals surface area contributed by atoms with Gasteiger partial charge < -0.3 is 9.84 Å². The van der Waals surface area contributed by atoms with E-state index in [9.17, 15) is 9.90 Å². The fourth-order valence-corrected chi connectivity index (χ4v) is 3.22. The van der Waals surface area contributed by atoms with Gasteiger partial charge in [0.2, 0.25) is 0 Å². The third-order valence-corrected chi connectivity index (χ3v) is 4.14. The average Bonchev–Trinajstić information content (AvgIpc) is 2.63. The molecule has 0 aromatic rings. The van der Waals surface area contributed by atoms with E-state index in [4.69, 9.17) is 4.74 Å². The van der Waals surface area contributed by atoms with Crippen LogP contribution in [0.2, 0.25) is 0 Å². The zero-order valence-electron chi connectivity index (χ0n) is 11.2. The number of hydrogen-bond donors (Lipinski definition) is 1. The lowest BCUT2D eigenvalue weighted by molar-refractivity contribution is -0.0115. The van der Waals surface area contributed by atoms with E-state index in [0.717, 1.165) is 25.7 Å². The number of ether oxygens (including phenoxy) is 1. The molecule has 2 fully saturated rings. The first-order valence-corrected chi connectivity index (χ1v) is 6.37. The standard InChI is InChI=1S/C13H23NO3/c1-11(2,3)17-10(16)14-12(4)5-7-13(14,9-15)8-6-12/h15H,5-9H2,1-4H3. The van der Waals surface area contributed by atoms with Crippen molar-refractivity contribution < 1.29 is 14.6 Å². The molecule has 2 rings (SSSR count). The molecule has 0 aliphatic carbocycles. The van der Waals surface area contributed by atoms with Crippen LogP contribution in [0, 0.1) is 0 Å². The van der Waals surface area contributed by atoms with Gasteiger partial charge in [-0.2, -0.15) is 0 Å². The van der Waals surface area contributed by atoms with E-state index >= 15 is 0 Å². The zero-order chi connectivity index (χ0) is 12.9. The van der Waals surface area contributed by atoms with Crippen molar-refractivity contribution in [2.45, 2.75) is 70.1 Å². The minimum Gasteiger partial charge on any atom is -0.444 e. The fourth-order valence-electron chi connectivity index (χ4n) is 3.22. The van der Waals surface area contributed by atoms with E-state index in [0.29, 0.717) is 0 Å². The summed E-state index contributed by atoms with van der Waals surface area (Å²) in [6.07, 6.45) is 3.43. The second-order valence-electron chi connectivity index (χ2n) is 6.70. The molecule has 2 heterocycles. The summed E-state index contributed by atoms with van der Waals surface area (Å²) in [6, 6.07) is 0. The van der Waals surface area contributed by atoms with Gasteiger partial charge in [0.05, 0.1) is 12.1 Å². The Kier molecular flexibility index (Phi) is 2.69. The highest BCUT2D eigenvalue weighted by molar-refractivity contribution is 5.71. The molecule has 2 aliphatic heterocycles. The first kappa shape index (κ1) is 12.7. The Morgan fingerprint density at radius 1 is 1.29 bits per heavy atom. The van der Waals surface area contributed by atoms with Crippen molar-refractivity contribution >= 4 is 6.09 Å². The Hall–Kier alpha value is -0.770. The topological polar surface area (TPSA) is 49.8 Å². The van der Waals surface area contributed by atoms with Crippen LogP contribution < -0.4 is 0 Å². The van der Waals surface area contributed by atoms with Crippen LogP contribution in [-0.4, -0.2) is 39.4 Å². The number of hydrogen-bond acceptors (Lipinski definition) is 3. The van der Waals surface area contributed by atoms with E-state index in [-0.39, 0.29) is 23.8 Å². The summed E-state index contributed by atoms with van der Waals surface area (Å²) in [4.78, 5) is 14.1. The maximum absolute atomic E-state index is 12.3. The van der Waals surface area contributed by atoms with Gasteiger partial charge in [-0.15, -0.1) is 0 Å². The van der Waals surface area contributed by atoms with Crippen molar-refractivity contribution in [2.75, 3.05) is 6.61 Å². The minimum absolute atomic E-state index is 0.0435. The lowest BCUT2D eigenvalue weighted by Crippen LogP contribution is -2.52. The summed E-state index contributed by atoms with van der Waals surface area (Å²) in [7, 11) is 0. The summed E-state index contributed by atoms with van der Waals surface area (Å²) >= 11 is 0. The van der Waals surface area contributed by atoms with Gasteiger partial charge in [0.15, 0.2) is 0 Å².